The maximum Gasteiger partial charge on any atom is 0.274 e. The van der Waals surface area contributed by atoms with E-state index in [0.717, 1.165) is 5.56 Å². The fraction of sp³-hybridized carbons (Fsp3) is 0.0909. The van der Waals surface area contributed by atoms with E-state index >= 15 is 0 Å². The largest absolute Gasteiger partial charge is 0.326 e. The zero-order chi connectivity index (χ0) is 20.8. The lowest BCUT2D eigenvalue weighted by atomic mass is 10.2. The van der Waals surface area contributed by atoms with Crippen LogP contribution in [0.15, 0.2) is 66.9 Å². The molecule has 0 unspecified atom stereocenters. The number of nitrogens with zero attached hydrogens (tertiary/aromatic N) is 1. The Labute approximate surface area is 168 Å². The molecule has 3 rings (SSSR count). The van der Waals surface area contributed by atoms with Crippen LogP contribution in [-0.4, -0.2) is 22.7 Å². The average molecular weight is 388 g/mol. The number of aryl methyl sites for hydroxylation is 1. The van der Waals surface area contributed by atoms with Crippen molar-refractivity contribution in [1.82, 2.24) is 4.98 Å². The molecule has 0 bridgehead atoms. The topological polar surface area (TPSA) is 100 Å². The predicted molar refractivity (Wildman–Crippen MR) is 112 cm³/mol. The standard InChI is InChI=1S/C22H20N4O3/c1-14-6-8-17(9-7-14)25-21(28)16-10-11-23-20(12-16)22(29)26-19-5-3-4-18(13-19)24-15(2)27/h3-13H,1-2H3,(H,24,27)(H,25,28)(H,26,29). The van der Waals surface area contributed by atoms with E-state index in [0.29, 0.717) is 22.6 Å². The van der Waals surface area contributed by atoms with Gasteiger partial charge in [0.15, 0.2) is 0 Å². The van der Waals surface area contributed by atoms with Gasteiger partial charge in [-0.2, -0.15) is 0 Å². The maximum absolute atomic E-state index is 12.5. The van der Waals surface area contributed by atoms with Crippen molar-refractivity contribution in [3.05, 3.63) is 83.7 Å². The lowest BCUT2D eigenvalue weighted by Gasteiger charge is -2.09. The summed E-state index contributed by atoms with van der Waals surface area (Å²) in [5.41, 5.74) is 3.24. The summed E-state index contributed by atoms with van der Waals surface area (Å²) >= 11 is 0. The van der Waals surface area contributed by atoms with Crippen molar-refractivity contribution in [3.8, 4) is 0 Å². The number of hydrogen-bond acceptors (Lipinski definition) is 4. The van der Waals surface area contributed by atoms with Crippen LogP contribution < -0.4 is 16.0 Å². The first-order chi connectivity index (χ1) is 13.9. The van der Waals surface area contributed by atoms with Crippen molar-refractivity contribution in [1.29, 1.82) is 0 Å². The Balaban J connectivity index is 1.71. The van der Waals surface area contributed by atoms with Crippen molar-refractivity contribution < 1.29 is 14.4 Å². The molecule has 0 aliphatic carbocycles. The highest BCUT2D eigenvalue weighted by atomic mass is 16.2. The molecule has 2 aromatic carbocycles. The number of rotatable bonds is 5. The highest BCUT2D eigenvalue weighted by molar-refractivity contribution is 6.08. The quantitative estimate of drug-likeness (QED) is 0.618. The van der Waals surface area contributed by atoms with Crippen LogP contribution in [0, 0.1) is 6.92 Å². The smallest absolute Gasteiger partial charge is 0.274 e. The van der Waals surface area contributed by atoms with Gasteiger partial charge in [-0.25, -0.2) is 0 Å². The van der Waals surface area contributed by atoms with Gasteiger partial charge in [0, 0.05) is 35.7 Å². The molecule has 1 heterocycles. The Morgan fingerprint density at radius 2 is 1.41 bits per heavy atom. The summed E-state index contributed by atoms with van der Waals surface area (Å²) < 4.78 is 0. The van der Waals surface area contributed by atoms with Crippen LogP contribution in [0.2, 0.25) is 0 Å². The van der Waals surface area contributed by atoms with Crippen molar-refractivity contribution in [2.75, 3.05) is 16.0 Å². The second-order valence-corrected chi connectivity index (χ2v) is 6.47. The molecule has 0 saturated carbocycles. The highest BCUT2D eigenvalue weighted by Crippen LogP contribution is 2.16. The number of pyridine rings is 1. The van der Waals surface area contributed by atoms with Crippen LogP contribution in [0.4, 0.5) is 17.1 Å². The molecule has 3 N–H and O–H groups in total. The lowest BCUT2D eigenvalue weighted by molar-refractivity contribution is -0.114. The van der Waals surface area contributed by atoms with E-state index in [1.54, 1.807) is 24.3 Å². The molecule has 0 spiro atoms. The molecule has 0 aliphatic heterocycles. The summed E-state index contributed by atoms with van der Waals surface area (Å²) in [6.45, 7) is 3.37. The zero-order valence-corrected chi connectivity index (χ0v) is 16.0. The summed E-state index contributed by atoms with van der Waals surface area (Å²) in [6, 6.07) is 17.1. The Bertz CT molecular complexity index is 1060. The van der Waals surface area contributed by atoms with E-state index in [4.69, 9.17) is 0 Å². The molecule has 3 aromatic rings. The number of amides is 3. The number of carbonyl (C=O) groups is 3. The van der Waals surface area contributed by atoms with E-state index in [1.807, 2.05) is 31.2 Å². The van der Waals surface area contributed by atoms with Gasteiger partial charge in [-0.1, -0.05) is 23.8 Å². The van der Waals surface area contributed by atoms with Crippen molar-refractivity contribution in [3.63, 3.8) is 0 Å². The number of nitrogens with one attached hydrogen (secondary N) is 3. The summed E-state index contributed by atoms with van der Waals surface area (Å²) in [5, 5.41) is 8.15. The molecule has 29 heavy (non-hydrogen) atoms. The number of aromatic nitrogens is 1. The Kier molecular flexibility index (Phi) is 5.99. The van der Waals surface area contributed by atoms with Gasteiger partial charge in [-0.15, -0.1) is 0 Å². The van der Waals surface area contributed by atoms with Crippen LogP contribution >= 0.6 is 0 Å². The van der Waals surface area contributed by atoms with E-state index in [2.05, 4.69) is 20.9 Å². The molecule has 1 aromatic heterocycles. The van der Waals surface area contributed by atoms with Crippen LogP contribution in [0.3, 0.4) is 0 Å². The molecular formula is C22H20N4O3. The third-order valence-electron chi connectivity index (χ3n) is 4.01. The number of carbonyl (C=O) groups excluding carboxylic acids is 3. The second-order valence-electron chi connectivity index (χ2n) is 6.47. The van der Waals surface area contributed by atoms with E-state index in [9.17, 15) is 14.4 Å². The highest BCUT2D eigenvalue weighted by Gasteiger charge is 2.13. The summed E-state index contributed by atoms with van der Waals surface area (Å²) in [6.07, 6.45) is 1.41. The average Bonchev–Trinajstić information content (AvgIpc) is 2.69. The van der Waals surface area contributed by atoms with Crippen LogP contribution in [0.25, 0.3) is 0 Å². The van der Waals surface area contributed by atoms with E-state index in [-0.39, 0.29) is 17.5 Å². The molecule has 7 heteroatoms. The van der Waals surface area contributed by atoms with Gasteiger partial charge in [-0.05, 0) is 49.4 Å². The summed E-state index contributed by atoms with van der Waals surface area (Å²) in [7, 11) is 0. The van der Waals surface area contributed by atoms with Gasteiger partial charge in [0.05, 0.1) is 0 Å². The van der Waals surface area contributed by atoms with E-state index in [1.165, 1.54) is 25.3 Å². The Morgan fingerprint density at radius 3 is 2.10 bits per heavy atom. The first-order valence-corrected chi connectivity index (χ1v) is 8.94. The van der Waals surface area contributed by atoms with Gasteiger partial charge >= 0.3 is 0 Å². The first kappa shape index (κ1) is 19.8. The first-order valence-electron chi connectivity index (χ1n) is 8.94. The van der Waals surface area contributed by atoms with Gasteiger partial charge < -0.3 is 16.0 Å². The maximum atomic E-state index is 12.5. The molecule has 0 fully saturated rings. The number of anilines is 3. The Morgan fingerprint density at radius 1 is 0.759 bits per heavy atom. The van der Waals surface area contributed by atoms with Crippen LogP contribution in [0.5, 0.6) is 0 Å². The van der Waals surface area contributed by atoms with Gasteiger partial charge in [-0.3, -0.25) is 19.4 Å². The zero-order valence-electron chi connectivity index (χ0n) is 16.0. The van der Waals surface area contributed by atoms with Crippen LogP contribution in [0.1, 0.15) is 33.3 Å². The van der Waals surface area contributed by atoms with Crippen molar-refractivity contribution in [2.24, 2.45) is 0 Å². The minimum atomic E-state index is -0.463. The van der Waals surface area contributed by atoms with Gasteiger partial charge in [0.25, 0.3) is 11.8 Å². The lowest BCUT2D eigenvalue weighted by Crippen LogP contribution is -2.17. The number of hydrogen-bond donors (Lipinski definition) is 3. The third-order valence-corrected chi connectivity index (χ3v) is 4.01. The van der Waals surface area contributed by atoms with Gasteiger partial charge in [0.2, 0.25) is 5.91 Å². The second kappa shape index (κ2) is 8.79. The molecule has 3 amide bonds. The molecular weight excluding hydrogens is 368 g/mol. The van der Waals surface area contributed by atoms with Crippen molar-refractivity contribution >= 4 is 34.8 Å². The minimum absolute atomic E-state index is 0.103. The Hall–Kier alpha value is -4.00. The van der Waals surface area contributed by atoms with Crippen LogP contribution in [-0.2, 0) is 4.79 Å². The number of benzene rings is 2. The molecule has 0 radical (unpaired) electrons. The monoisotopic (exact) mass is 388 g/mol. The predicted octanol–water partition coefficient (Wildman–Crippen LogP) is 3.85. The van der Waals surface area contributed by atoms with E-state index < -0.39 is 5.91 Å². The van der Waals surface area contributed by atoms with Crippen molar-refractivity contribution in [2.45, 2.75) is 13.8 Å². The molecule has 0 saturated heterocycles. The third kappa shape index (κ3) is 5.49. The minimum Gasteiger partial charge on any atom is -0.326 e. The normalized spacial score (nSPS) is 10.1. The SMILES string of the molecule is CC(=O)Nc1cccc(NC(=O)c2cc(C(=O)Nc3ccc(C)cc3)ccn2)c1. The van der Waals surface area contributed by atoms with Gasteiger partial charge in [0.1, 0.15) is 5.69 Å². The molecule has 146 valence electrons. The summed E-state index contributed by atoms with van der Waals surface area (Å²) in [4.78, 5) is 40.2. The molecule has 0 atom stereocenters. The molecule has 0 aliphatic rings. The fourth-order valence-corrected chi connectivity index (χ4v) is 2.61. The fourth-order valence-electron chi connectivity index (χ4n) is 2.61. The molecule has 7 nitrogen and oxygen atoms in total. The summed E-state index contributed by atoms with van der Waals surface area (Å²) in [5.74, 6) is -1.00.